The normalized spacial score (nSPS) is 10.5. The van der Waals surface area contributed by atoms with E-state index in [0.29, 0.717) is 28.2 Å². The minimum Gasteiger partial charge on any atom is -0.488 e. The first-order chi connectivity index (χ1) is 12.1. The lowest BCUT2D eigenvalue weighted by molar-refractivity contribution is 0.303. The van der Waals surface area contributed by atoms with Gasteiger partial charge in [-0.1, -0.05) is 59.1 Å². The van der Waals surface area contributed by atoms with Gasteiger partial charge < -0.3 is 10.1 Å². The standard InChI is InChI=1S/C20H16Cl3NO/c21-16-7-9-18(10-8-16)24-12-14-3-1-2-4-20(14)25-13-15-5-6-17(22)11-19(15)23/h1-11,24H,12-13H2. The fourth-order valence-corrected chi connectivity index (χ4v) is 2.94. The molecule has 0 spiro atoms. The summed E-state index contributed by atoms with van der Waals surface area (Å²) in [5.74, 6) is 0.815. The Bertz CT molecular complexity index is 850. The highest BCUT2D eigenvalue weighted by molar-refractivity contribution is 6.35. The van der Waals surface area contributed by atoms with Gasteiger partial charge in [0.25, 0.3) is 0 Å². The Balaban J connectivity index is 1.67. The summed E-state index contributed by atoms with van der Waals surface area (Å²) in [6, 6.07) is 20.9. The molecule has 0 aliphatic rings. The van der Waals surface area contributed by atoms with Gasteiger partial charge in [0.05, 0.1) is 0 Å². The molecule has 0 saturated carbocycles. The Morgan fingerprint density at radius 2 is 1.48 bits per heavy atom. The van der Waals surface area contributed by atoms with Gasteiger partial charge in [0.15, 0.2) is 0 Å². The summed E-state index contributed by atoms with van der Waals surface area (Å²) >= 11 is 18.0. The van der Waals surface area contributed by atoms with Crippen LogP contribution in [0.4, 0.5) is 5.69 Å². The van der Waals surface area contributed by atoms with Gasteiger partial charge in [-0.05, 0) is 42.5 Å². The molecular formula is C20H16Cl3NO. The summed E-state index contributed by atoms with van der Waals surface area (Å²) in [5.41, 5.74) is 2.95. The van der Waals surface area contributed by atoms with E-state index in [-0.39, 0.29) is 0 Å². The number of benzene rings is 3. The maximum absolute atomic E-state index is 6.20. The van der Waals surface area contributed by atoms with Gasteiger partial charge in [-0.25, -0.2) is 0 Å². The lowest BCUT2D eigenvalue weighted by Gasteiger charge is -2.13. The maximum atomic E-state index is 6.20. The Morgan fingerprint density at radius 1 is 0.760 bits per heavy atom. The van der Waals surface area contributed by atoms with E-state index < -0.39 is 0 Å². The van der Waals surface area contributed by atoms with Gasteiger partial charge >= 0.3 is 0 Å². The molecule has 0 radical (unpaired) electrons. The van der Waals surface area contributed by atoms with Crippen LogP contribution in [0.25, 0.3) is 0 Å². The highest BCUT2D eigenvalue weighted by Crippen LogP contribution is 2.25. The first kappa shape index (κ1) is 17.9. The van der Waals surface area contributed by atoms with Crippen molar-refractivity contribution < 1.29 is 4.74 Å². The molecule has 2 nitrogen and oxygen atoms in total. The van der Waals surface area contributed by atoms with Crippen LogP contribution in [0, 0.1) is 0 Å². The number of halogens is 3. The van der Waals surface area contributed by atoms with E-state index in [0.717, 1.165) is 22.6 Å². The molecule has 3 aromatic rings. The van der Waals surface area contributed by atoms with Gasteiger partial charge in [-0.3, -0.25) is 0 Å². The third-order valence-electron chi connectivity index (χ3n) is 3.70. The molecule has 0 amide bonds. The number of hydrogen-bond donors (Lipinski definition) is 1. The zero-order valence-electron chi connectivity index (χ0n) is 13.3. The van der Waals surface area contributed by atoms with E-state index in [4.69, 9.17) is 39.5 Å². The Labute approximate surface area is 162 Å². The van der Waals surface area contributed by atoms with Crippen LogP contribution in [0.2, 0.25) is 15.1 Å². The van der Waals surface area contributed by atoms with Crippen molar-refractivity contribution in [2.45, 2.75) is 13.2 Å². The highest BCUT2D eigenvalue weighted by atomic mass is 35.5. The van der Waals surface area contributed by atoms with Crippen LogP contribution in [0.3, 0.4) is 0 Å². The van der Waals surface area contributed by atoms with E-state index in [1.807, 2.05) is 54.6 Å². The zero-order chi connectivity index (χ0) is 17.6. The van der Waals surface area contributed by atoms with Crippen LogP contribution >= 0.6 is 34.8 Å². The lowest BCUT2D eigenvalue weighted by Crippen LogP contribution is -2.04. The second kappa shape index (κ2) is 8.48. The zero-order valence-corrected chi connectivity index (χ0v) is 15.6. The fraction of sp³-hybridized carbons (Fsp3) is 0.100. The predicted octanol–water partition coefficient (Wildman–Crippen LogP) is 6.84. The predicted molar refractivity (Wildman–Crippen MR) is 106 cm³/mol. The second-order valence-corrected chi connectivity index (χ2v) is 6.77. The minimum atomic E-state index is 0.383. The maximum Gasteiger partial charge on any atom is 0.124 e. The van der Waals surface area contributed by atoms with E-state index in [1.165, 1.54) is 0 Å². The number of rotatable bonds is 6. The topological polar surface area (TPSA) is 21.3 Å². The van der Waals surface area contributed by atoms with Gasteiger partial charge in [0.2, 0.25) is 0 Å². The van der Waals surface area contributed by atoms with Gasteiger partial charge in [0, 0.05) is 38.4 Å². The minimum absolute atomic E-state index is 0.383. The summed E-state index contributed by atoms with van der Waals surface area (Å²) in [6.45, 7) is 1.03. The molecule has 25 heavy (non-hydrogen) atoms. The SMILES string of the molecule is Clc1ccc(NCc2ccccc2OCc2ccc(Cl)cc2Cl)cc1. The second-order valence-electron chi connectivity index (χ2n) is 5.49. The van der Waals surface area contributed by atoms with Crippen LogP contribution in [-0.2, 0) is 13.2 Å². The number of hydrogen-bond acceptors (Lipinski definition) is 2. The molecule has 0 fully saturated rings. The van der Waals surface area contributed by atoms with Crippen molar-refractivity contribution in [3.8, 4) is 5.75 Å². The summed E-state index contributed by atoms with van der Waals surface area (Å²) in [6.07, 6.45) is 0. The van der Waals surface area contributed by atoms with E-state index in [2.05, 4.69) is 5.32 Å². The van der Waals surface area contributed by atoms with Crippen molar-refractivity contribution in [2.75, 3.05) is 5.32 Å². The average Bonchev–Trinajstić information content (AvgIpc) is 2.61. The van der Waals surface area contributed by atoms with Gasteiger partial charge in [-0.15, -0.1) is 0 Å². The monoisotopic (exact) mass is 391 g/mol. The van der Waals surface area contributed by atoms with Crippen molar-refractivity contribution in [1.29, 1.82) is 0 Å². The first-order valence-corrected chi connectivity index (χ1v) is 8.89. The Kier molecular flexibility index (Phi) is 6.09. The largest absolute Gasteiger partial charge is 0.488 e. The number of para-hydroxylation sites is 1. The molecule has 0 aliphatic heterocycles. The quantitative estimate of drug-likeness (QED) is 0.496. The van der Waals surface area contributed by atoms with E-state index in [1.54, 1.807) is 12.1 Å². The summed E-state index contributed by atoms with van der Waals surface area (Å²) < 4.78 is 5.96. The average molecular weight is 393 g/mol. The summed E-state index contributed by atoms with van der Waals surface area (Å²) in [4.78, 5) is 0. The van der Waals surface area contributed by atoms with Crippen LogP contribution in [-0.4, -0.2) is 0 Å². The third kappa shape index (κ3) is 5.05. The molecule has 5 heteroatoms. The lowest BCUT2D eigenvalue weighted by atomic mass is 10.2. The molecule has 1 N–H and O–H groups in total. The van der Waals surface area contributed by atoms with Crippen LogP contribution in [0.5, 0.6) is 5.75 Å². The Hall–Kier alpha value is -1.87. The van der Waals surface area contributed by atoms with Crippen molar-refractivity contribution >= 4 is 40.5 Å². The summed E-state index contributed by atoms with van der Waals surface area (Å²) in [5, 5.41) is 5.29. The molecular weight excluding hydrogens is 377 g/mol. The molecule has 0 saturated heterocycles. The molecule has 128 valence electrons. The molecule has 0 aromatic heterocycles. The van der Waals surface area contributed by atoms with Crippen molar-refractivity contribution in [3.63, 3.8) is 0 Å². The van der Waals surface area contributed by atoms with Gasteiger partial charge in [0.1, 0.15) is 12.4 Å². The van der Waals surface area contributed by atoms with Crippen LogP contribution in [0.1, 0.15) is 11.1 Å². The molecule has 0 unspecified atom stereocenters. The van der Waals surface area contributed by atoms with Crippen LogP contribution in [0.15, 0.2) is 66.7 Å². The summed E-state index contributed by atoms with van der Waals surface area (Å²) in [7, 11) is 0. The molecule has 3 aromatic carbocycles. The van der Waals surface area contributed by atoms with Gasteiger partial charge in [-0.2, -0.15) is 0 Å². The number of nitrogens with one attached hydrogen (secondary N) is 1. The van der Waals surface area contributed by atoms with E-state index >= 15 is 0 Å². The molecule has 0 aliphatic carbocycles. The molecule has 3 rings (SSSR count). The smallest absolute Gasteiger partial charge is 0.124 e. The molecule has 0 heterocycles. The highest BCUT2D eigenvalue weighted by Gasteiger charge is 2.06. The Morgan fingerprint density at radius 3 is 2.24 bits per heavy atom. The third-order valence-corrected chi connectivity index (χ3v) is 4.54. The first-order valence-electron chi connectivity index (χ1n) is 7.76. The van der Waals surface area contributed by atoms with Crippen molar-refractivity contribution in [1.82, 2.24) is 0 Å². The number of anilines is 1. The fourth-order valence-electron chi connectivity index (χ4n) is 2.35. The van der Waals surface area contributed by atoms with Crippen molar-refractivity contribution in [2.24, 2.45) is 0 Å². The van der Waals surface area contributed by atoms with Crippen LogP contribution < -0.4 is 10.1 Å². The molecule has 0 bridgehead atoms. The van der Waals surface area contributed by atoms with Crippen molar-refractivity contribution in [3.05, 3.63) is 92.9 Å². The van der Waals surface area contributed by atoms with E-state index in [9.17, 15) is 0 Å². The molecule has 0 atom stereocenters. The number of ether oxygens (including phenoxy) is 1.